The Labute approximate surface area is 116 Å². The molecule has 0 aliphatic rings. The van der Waals surface area contributed by atoms with Crippen LogP contribution in [-0.4, -0.2) is 34.3 Å². The predicted molar refractivity (Wildman–Crippen MR) is 70.6 cm³/mol. The molecule has 0 aromatic heterocycles. The number of alkyl halides is 2. The normalized spacial score (nSPS) is 10.0. The molecule has 0 saturated heterocycles. The average molecular weight is 298 g/mol. The average Bonchev–Trinajstić information content (AvgIpc) is 2.26. The van der Waals surface area contributed by atoms with Gasteiger partial charge in [0.2, 0.25) is 10.8 Å². The SMILES string of the molecule is CCCCCN(OC(=O)C(Cl)Cl)C(=N)NC(=N)N. The van der Waals surface area contributed by atoms with Crippen LogP contribution in [0.4, 0.5) is 0 Å². The quantitative estimate of drug-likeness (QED) is 0.200. The summed E-state index contributed by atoms with van der Waals surface area (Å²) < 4.78 is 0. The molecule has 0 heterocycles. The summed E-state index contributed by atoms with van der Waals surface area (Å²) in [7, 11) is 0. The van der Waals surface area contributed by atoms with Crippen molar-refractivity contribution in [1.82, 2.24) is 10.4 Å². The lowest BCUT2D eigenvalue weighted by atomic mass is 10.2. The van der Waals surface area contributed by atoms with E-state index in [2.05, 4.69) is 5.32 Å². The van der Waals surface area contributed by atoms with Crippen molar-refractivity contribution in [2.75, 3.05) is 6.54 Å². The Morgan fingerprint density at radius 1 is 1.44 bits per heavy atom. The van der Waals surface area contributed by atoms with E-state index in [4.69, 9.17) is 44.6 Å². The summed E-state index contributed by atoms with van der Waals surface area (Å²) in [5.74, 6) is -1.63. The van der Waals surface area contributed by atoms with Crippen LogP contribution in [0.1, 0.15) is 26.2 Å². The van der Waals surface area contributed by atoms with Gasteiger partial charge in [0.05, 0.1) is 6.54 Å². The molecule has 9 heteroatoms. The minimum atomic E-state index is -1.33. The van der Waals surface area contributed by atoms with Gasteiger partial charge in [-0.3, -0.25) is 16.1 Å². The Hall–Kier alpha value is -1.21. The summed E-state index contributed by atoms with van der Waals surface area (Å²) in [4.78, 5) is 14.7. The van der Waals surface area contributed by atoms with Crippen molar-refractivity contribution in [2.24, 2.45) is 5.73 Å². The van der Waals surface area contributed by atoms with Crippen LogP contribution in [0, 0.1) is 10.8 Å². The van der Waals surface area contributed by atoms with Gasteiger partial charge in [-0.2, -0.15) is 5.06 Å². The number of unbranched alkanes of at least 4 members (excludes halogenated alkanes) is 2. The van der Waals surface area contributed by atoms with Crippen molar-refractivity contribution in [3.05, 3.63) is 0 Å². The molecule has 0 saturated carbocycles. The highest BCUT2D eigenvalue weighted by atomic mass is 35.5. The van der Waals surface area contributed by atoms with Crippen LogP contribution in [0.3, 0.4) is 0 Å². The van der Waals surface area contributed by atoms with Gasteiger partial charge < -0.3 is 10.6 Å². The van der Waals surface area contributed by atoms with Crippen LogP contribution in [0.25, 0.3) is 0 Å². The van der Waals surface area contributed by atoms with E-state index in [1.165, 1.54) is 0 Å². The van der Waals surface area contributed by atoms with Gasteiger partial charge in [-0.25, -0.2) is 4.79 Å². The maximum Gasteiger partial charge on any atom is 0.365 e. The number of rotatable bonds is 5. The summed E-state index contributed by atoms with van der Waals surface area (Å²) in [5, 5.41) is 17.8. The largest absolute Gasteiger partial charge is 0.370 e. The predicted octanol–water partition coefficient (Wildman–Crippen LogP) is 1.16. The molecule has 0 atom stereocenters. The number of hydroxylamine groups is 2. The van der Waals surface area contributed by atoms with Crippen molar-refractivity contribution >= 4 is 41.1 Å². The molecular formula is C9H17Cl2N5O2. The molecular weight excluding hydrogens is 281 g/mol. The van der Waals surface area contributed by atoms with Crippen molar-refractivity contribution in [2.45, 2.75) is 31.0 Å². The second kappa shape index (κ2) is 8.82. The molecule has 0 unspecified atom stereocenters. The standard InChI is InChI=1S/C9H17Cl2N5O2/c1-2-3-4-5-16(9(14)15-8(12)13)18-7(17)6(10)11/h6H,2-5H2,1H3,(H5,12,13,14,15). The lowest BCUT2D eigenvalue weighted by molar-refractivity contribution is -0.171. The first-order valence-electron chi connectivity index (χ1n) is 5.35. The van der Waals surface area contributed by atoms with Gasteiger partial charge in [0.15, 0.2) is 5.96 Å². The molecule has 0 amide bonds. The fourth-order valence-corrected chi connectivity index (χ4v) is 1.13. The van der Waals surface area contributed by atoms with E-state index >= 15 is 0 Å². The van der Waals surface area contributed by atoms with Gasteiger partial charge >= 0.3 is 5.97 Å². The Balaban J connectivity index is 4.45. The molecule has 0 aromatic rings. The molecule has 0 spiro atoms. The lowest BCUT2D eigenvalue weighted by Gasteiger charge is -2.23. The fraction of sp³-hybridized carbons (Fsp3) is 0.667. The maximum absolute atomic E-state index is 11.2. The fourth-order valence-electron chi connectivity index (χ4n) is 1.05. The molecule has 0 aromatic carbocycles. The van der Waals surface area contributed by atoms with Crippen molar-refractivity contribution in [1.29, 1.82) is 10.8 Å². The Morgan fingerprint density at radius 2 is 2.06 bits per heavy atom. The van der Waals surface area contributed by atoms with Crippen molar-refractivity contribution < 1.29 is 9.63 Å². The highest BCUT2D eigenvalue weighted by molar-refractivity contribution is 6.52. The van der Waals surface area contributed by atoms with E-state index in [-0.39, 0.29) is 5.96 Å². The van der Waals surface area contributed by atoms with Crippen LogP contribution in [0.5, 0.6) is 0 Å². The molecule has 0 rings (SSSR count). The van der Waals surface area contributed by atoms with E-state index < -0.39 is 16.8 Å². The topological polar surface area (TPSA) is 115 Å². The summed E-state index contributed by atoms with van der Waals surface area (Å²) in [6, 6.07) is 0. The van der Waals surface area contributed by atoms with Gasteiger partial charge in [0.25, 0.3) is 0 Å². The summed E-state index contributed by atoms with van der Waals surface area (Å²) >= 11 is 10.7. The highest BCUT2D eigenvalue weighted by Gasteiger charge is 2.20. The Morgan fingerprint density at radius 3 is 2.50 bits per heavy atom. The first-order valence-corrected chi connectivity index (χ1v) is 6.22. The number of nitrogens with zero attached hydrogens (tertiary/aromatic N) is 1. The number of halogens is 2. The molecule has 7 nitrogen and oxygen atoms in total. The van der Waals surface area contributed by atoms with E-state index in [0.29, 0.717) is 13.0 Å². The van der Waals surface area contributed by atoms with E-state index in [9.17, 15) is 4.79 Å². The molecule has 18 heavy (non-hydrogen) atoms. The molecule has 0 aliphatic carbocycles. The van der Waals surface area contributed by atoms with Crippen LogP contribution in [0.15, 0.2) is 0 Å². The highest BCUT2D eigenvalue weighted by Crippen LogP contribution is 2.07. The van der Waals surface area contributed by atoms with Crippen LogP contribution in [-0.2, 0) is 9.63 Å². The van der Waals surface area contributed by atoms with Gasteiger partial charge in [-0.05, 0) is 6.42 Å². The van der Waals surface area contributed by atoms with Gasteiger partial charge in [-0.15, -0.1) is 0 Å². The maximum atomic E-state index is 11.2. The first kappa shape index (κ1) is 16.8. The molecule has 5 N–H and O–H groups in total. The molecule has 0 aliphatic heterocycles. The summed E-state index contributed by atoms with van der Waals surface area (Å²) in [6.45, 7) is 2.31. The zero-order valence-electron chi connectivity index (χ0n) is 10.0. The first-order chi connectivity index (χ1) is 8.38. The number of hydrogen-bond donors (Lipinski definition) is 4. The van der Waals surface area contributed by atoms with E-state index in [0.717, 1.165) is 17.9 Å². The van der Waals surface area contributed by atoms with Crippen molar-refractivity contribution in [3.8, 4) is 0 Å². The summed E-state index contributed by atoms with van der Waals surface area (Å²) in [6.07, 6.45) is 2.59. The molecule has 104 valence electrons. The van der Waals surface area contributed by atoms with Gasteiger partial charge in [0.1, 0.15) is 0 Å². The number of hydrogen-bond acceptors (Lipinski definition) is 4. The van der Waals surface area contributed by atoms with Crippen molar-refractivity contribution in [3.63, 3.8) is 0 Å². The number of carbonyl (C=O) groups excluding carboxylic acids is 1. The molecule has 0 bridgehead atoms. The Kier molecular flexibility index (Phi) is 8.23. The number of nitrogens with two attached hydrogens (primary N) is 1. The second-order valence-electron chi connectivity index (χ2n) is 3.41. The number of carbonyl (C=O) groups is 1. The van der Waals surface area contributed by atoms with Gasteiger partial charge in [-0.1, -0.05) is 43.0 Å². The zero-order valence-corrected chi connectivity index (χ0v) is 11.5. The third-order valence-electron chi connectivity index (χ3n) is 1.85. The van der Waals surface area contributed by atoms with Crippen LogP contribution in [0.2, 0.25) is 0 Å². The summed E-state index contributed by atoms with van der Waals surface area (Å²) in [5.41, 5.74) is 5.09. The van der Waals surface area contributed by atoms with Gasteiger partial charge in [0, 0.05) is 0 Å². The minimum Gasteiger partial charge on any atom is -0.370 e. The van der Waals surface area contributed by atoms with E-state index in [1.807, 2.05) is 6.92 Å². The number of guanidine groups is 2. The van der Waals surface area contributed by atoms with E-state index in [1.54, 1.807) is 0 Å². The molecule has 0 radical (unpaired) electrons. The van der Waals surface area contributed by atoms with Crippen LogP contribution >= 0.6 is 23.2 Å². The monoisotopic (exact) mass is 297 g/mol. The molecule has 0 fully saturated rings. The Bertz CT molecular complexity index is 311. The smallest absolute Gasteiger partial charge is 0.365 e. The lowest BCUT2D eigenvalue weighted by Crippen LogP contribution is -2.47. The number of nitrogens with one attached hydrogen (secondary N) is 3. The zero-order chi connectivity index (χ0) is 14.1. The third-order valence-corrected chi connectivity index (χ3v) is 2.20. The minimum absolute atomic E-state index is 0.291. The second-order valence-corrected chi connectivity index (χ2v) is 4.50. The van der Waals surface area contributed by atoms with Crippen LogP contribution < -0.4 is 11.1 Å². The third kappa shape index (κ3) is 7.18.